The van der Waals surface area contributed by atoms with E-state index < -0.39 is 17.9 Å². The summed E-state index contributed by atoms with van der Waals surface area (Å²) >= 11 is 0. The molecule has 0 spiro atoms. The number of allylic oxidation sites excluding steroid dienone is 1. The Balaban J connectivity index is 2.03. The predicted octanol–water partition coefficient (Wildman–Crippen LogP) is 4.08. The first-order valence-electron chi connectivity index (χ1n) is 10.2. The number of unbranched alkanes of at least 4 members (excludes halogenated alkanes) is 1. The Morgan fingerprint density at radius 3 is 2.48 bits per heavy atom. The van der Waals surface area contributed by atoms with E-state index in [1.54, 1.807) is 30.3 Å². The van der Waals surface area contributed by atoms with Crippen molar-refractivity contribution in [3.63, 3.8) is 0 Å². The Bertz CT molecular complexity index is 850. The van der Waals surface area contributed by atoms with E-state index in [0.717, 1.165) is 18.4 Å². The molecule has 1 atom stereocenters. The van der Waals surface area contributed by atoms with E-state index in [9.17, 15) is 9.59 Å². The number of carbonyl (C=O) groups is 2. The molecule has 0 aromatic heterocycles. The summed E-state index contributed by atoms with van der Waals surface area (Å²) in [6.07, 6.45) is 5.01. The normalized spacial score (nSPS) is 11.2. The van der Waals surface area contributed by atoms with Crippen LogP contribution >= 0.6 is 0 Å². The summed E-state index contributed by atoms with van der Waals surface area (Å²) in [5, 5.41) is 2.70. The van der Waals surface area contributed by atoms with Crippen molar-refractivity contribution < 1.29 is 23.8 Å². The second-order valence-corrected chi connectivity index (χ2v) is 6.72. The van der Waals surface area contributed by atoms with Gasteiger partial charge in [0.1, 0.15) is 12.4 Å². The molecule has 0 heterocycles. The van der Waals surface area contributed by atoms with Gasteiger partial charge in [-0.15, -0.1) is 13.2 Å². The maximum atomic E-state index is 12.9. The molecule has 0 unspecified atom stereocenters. The van der Waals surface area contributed by atoms with Gasteiger partial charge in [-0.2, -0.15) is 0 Å². The first-order chi connectivity index (χ1) is 15.2. The lowest BCUT2D eigenvalue weighted by molar-refractivity contribution is -0.148. The van der Waals surface area contributed by atoms with Crippen LogP contribution in [0.15, 0.2) is 79.9 Å². The third-order valence-electron chi connectivity index (χ3n) is 4.28. The smallest absolute Gasteiger partial charge is 0.331 e. The van der Waals surface area contributed by atoms with Crippen molar-refractivity contribution in [2.75, 3.05) is 19.8 Å². The van der Waals surface area contributed by atoms with Crippen molar-refractivity contribution in [3.05, 3.63) is 91.0 Å². The van der Waals surface area contributed by atoms with Crippen LogP contribution in [0.25, 0.3) is 0 Å². The minimum atomic E-state index is -0.968. The second-order valence-electron chi connectivity index (χ2n) is 6.72. The summed E-state index contributed by atoms with van der Waals surface area (Å²) in [5.41, 5.74) is 1.19. The minimum absolute atomic E-state index is 0.0340. The molecule has 0 aliphatic rings. The van der Waals surface area contributed by atoms with Crippen LogP contribution in [0.2, 0.25) is 0 Å². The molecule has 2 aromatic carbocycles. The molecule has 164 valence electrons. The highest BCUT2D eigenvalue weighted by Gasteiger charge is 2.24. The van der Waals surface area contributed by atoms with Gasteiger partial charge in [0.2, 0.25) is 0 Å². The van der Waals surface area contributed by atoms with Crippen LogP contribution in [0.4, 0.5) is 0 Å². The largest absolute Gasteiger partial charge is 0.493 e. The van der Waals surface area contributed by atoms with E-state index in [4.69, 9.17) is 14.2 Å². The zero-order chi connectivity index (χ0) is 22.3. The van der Waals surface area contributed by atoms with Gasteiger partial charge >= 0.3 is 5.97 Å². The minimum Gasteiger partial charge on any atom is -0.493 e. The van der Waals surface area contributed by atoms with Gasteiger partial charge in [-0.05, 0) is 30.5 Å². The zero-order valence-electron chi connectivity index (χ0n) is 17.6. The number of hydrogen-bond donors (Lipinski definition) is 1. The molecule has 0 saturated carbocycles. The Kier molecular flexibility index (Phi) is 10.6. The molecule has 0 radical (unpaired) electrons. The first kappa shape index (κ1) is 23.9. The molecular formula is C25H29NO5. The number of rotatable bonds is 14. The summed E-state index contributed by atoms with van der Waals surface area (Å²) in [5.74, 6) is -0.568. The van der Waals surface area contributed by atoms with Crippen molar-refractivity contribution >= 4 is 11.9 Å². The van der Waals surface area contributed by atoms with Crippen LogP contribution in [-0.4, -0.2) is 37.7 Å². The summed E-state index contributed by atoms with van der Waals surface area (Å²) in [6.45, 7) is 8.06. The Morgan fingerprint density at radius 2 is 1.74 bits per heavy atom. The number of hydrogen-bond acceptors (Lipinski definition) is 5. The topological polar surface area (TPSA) is 73.9 Å². The number of para-hydroxylation sites is 1. The molecule has 0 fully saturated rings. The quantitative estimate of drug-likeness (QED) is 0.282. The Morgan fingerprint density at radius 1 is 1.00 bits per heavy atom. The molecule has 2 aromatic rings. The standard InChI is InChI=1S/C25H29NO5/c1-3-5-11-17-30-23-15-10-9-14-21(23)24(27)26-22(19-29-16-4-2)25(28)31-18-20-12-7-6-8-13-20/h3-4,6-10,12-15,22H,1-2,5,11,16-19H2,(H,26,27)/t22-/m0/s1. The molecule has 6 heteroatoms. The Labute approximate surface area is 183 Å². The van der Waals surface area contributed by atoms with Gasteiger partial charge in [0.15, 0.2) is 6.04 Å². The van der Waals surface area contributed by atoms with E-state index in [1.807, 2.05) is 36.4 Å². The van der Waals surface area contributed by atoms with Crippen LogP contribution in [0, 0.1) is 0 Å². The van der Waals surface area contributed by atoms with E-state index in [0.29, 0.717) is 17.9 Å². The monoisotopic (exact) mass is 423 g/mol. The third-order valence-corrected chi connectivity index (χ3v) is 4.28. The SMILES string of the molecule is C=CCCCOc1ccccc1C(=O)N[C@@H](COCC=C)C(=O)OCc1ccccc1. The van der Waals surface area contributed by atoms with Crippen LogP contribution in [0.5, 0.6) is 5.75 Å². The maximum Gasteiger partial charge on any atom is 0.331 e. The van der Waals surface area contributed by atoms with Crippen molar-refractivity contribution in [1.29, 1.82) is 0 Å². The highest BCUT2D eigenvalue weighted by molar-refractivity contribution is 5.99. The van der Waals surface area contributed by atoms with Crippen molar-refractivity contribution in [2.45, 2.75) is 25.5 Å². The summed E-state index contributed by atoms with van der Waals surface area (Å²) < 4.78 is 16.5. The molecule has 0 bridgehead atoms. The van der Waals surface area contributed by atoms with Crippen LogP contribution < -0.4 is 10.1 Å². The average Bonchev–Trinajstić information content (AvgIpc) is 2.80. The van der Waals surface area contributed by atoms with E-state index in [1.165, 1.54) is 0 Å². The van der Waals surface area contributed by atoms with E-state index in [2.05, 4.69) is 18.5 Å². The molecule has 2 rings (SSSR count). The lowest BCUT2D eigenvalue weighted by atomic mass is 10.1. The molecule has 0 aliphatic carbocycles. The van der Waals surface area contributed by atoms with Crippen LogP contribution in [0.1, 0.15) is 28.8 Å². The second kappa shape index (κ2) is 13.8. The fourth-order valence-corrected chi connectivity index (χ4v) is 2.69. The summed E-state index contributed by atoms with van der Waals surface area (Å²) in [6, 6.07) is 15.3. The van der Waals surface area contributed by atoms with Crippen molar-refractivity contribution in [3.8, 4) is 5.75 Å². The third kappa shape index (κ3) is 8.48. The summed E-state index contributed by atoms with van der Waals surface area (Å²) in [4.78, 5) is 25.5. The zero-order valence-corrected chi connectivity index (χ0v) is 17.6. The lowest BCUT2D eigenvalue weighted by Gasteiger charge is -2.19. The number of amides is 1. The van der Waals surface area contributed by atoms with Gasteiger partial charge in [-0.3, -0.25) is 4.79 Å². The average molecular weight is 424 g/mol. The fourth-order valence-electron chi connectivity index (χ4n) is 2.69. The number of ether oxygens (including phenoxy) is 3. The molecule has 0 saturated heterocycles. The van der Waals surface area contributed by atoms with Crippen molar-refractivity contribution in [1.82, 2.24) is 5.32 Å². The first-order valence-corrected chi connectivity index (χ1v) is 10.2. The fraction of sp³-hybridized carbons (Fsp3) is 0.280. The van der Waals surface area contributed by atoms with Crippen molar-refractivity contribution in [2.24, 2.45) is 0 Å². The van der Waals surface area contributed by atoms with Gasteiger partial charge < -0.3 is 19.5 Å². The molecule has 31 heavy (non-hydrogen) atoms. The number of nitrogens with one attached hydrogen (secondary N) is 1. The highest BCUT2D eigenvalue weighted by atomic mass is 16.5. The number of carbonyl (C=O) groups excluding carboxylic acids is 2. The molecule has 1 N–H and O–H groups in total. The molecule has 1 amide bonds. The van der Waals surface area contributed by atoms with Gasteiger partial charge in [-0.25, -0.2) is 4.79 Å². The molecule has 0 aliphatic heterocycles. The Hall–Kier alpha value is -3.38. The summed E-state index contributed by atoms with van der Waals surface area (Å²) in [7, 11) is 0. The van der Waals surface area contributed by atoms with E-state index in [-0.39, 0.29) is 19.8 Å². The van der Waals surface area contributed by atoms with Gasteiger partial charge in [0, 0.05) is 0 Å². The van der Waals surface area contributed by atoms with Gasteiger partial charge in [0.25, 0.3) is 5.91 Å². The van der Waals surface area contributed by atoms with Gasteiger partial charge in [0.05, 0.1) is 25.4 Å². The van der Waals surface area contributed by atoms with Crippen LogP contribution in [0.3, 0.4) is 0 Å². The number of esters is 1. The van der Waals surface area contributed by atoms with Gasteiger partial charge in [-0.1, -0.05) is 54.6 Å². The van der Waals surface area contributed by atoms with Crippen LogP contribution in [-0.2, 0) is 20.9 Å². The molecular weight excluding hydrogens is 394 g/mol. The van der Waals surface area contributed by atoms with E-state index >= 15 is 0 Å². The highest BCUT2D eigenvalue weighted by Crippen LogP contribution is 2.18. The maximum absolute atomic E-state index is 12.9. The molecule has 6 nitrogen and oxygen atoms in total. The predicted molar refractivity (Wildman–Crippen MR) is 120 cm³/mol. The number of benzene rings is 2. The lowest BCUT2D eigenvalue weighted by Crippen LogP contribution is -2.45.